The highest BCUT2D eigenvalue weighted by Crippen LogP contribution is 2.40. The fraction of sp³-hybridized carbons (Fsp3) is 0.316. The van der Waals surface area contributed by atoms with Crippen molar-refractivity contribution in [2.24, 2.45) is 0 Å². The van der Waals surface area contributed by atoms with Gasteiger partial charge >= 0.3 is 11.8 Å². The summed E-state index contributed by atoms with van der Waals surface area (Å²) in [5.41, 5.74) is 0.275. The first kappa shape index (κ1) is 17.3. The van der Waals surface area contributed by atoms with Crippen LogP contribution in [-0.4, -0.2) is 40.3 Å². The molecule has 2 heterocycles. The van der Waals surface area contributed by atoms with Crippen LogP contribution in [0.2, 0.25) is 0 Å². The van der Waals surface area contributed by atoms with E-state index in [9.17, 15) is 13.9 Å². The van der Waals surface area contributed by atoms with E-state index in [1.807, 2.05) is 35.2 Å². The molecule has 0 radical (unpaired) electrons. The third-order valence-electron chi connectivity index (χ3n) is 4.60. The molecule has 136 valence electrons. The molecule has 0 bridgehead atoms. The lowest BCUT2D eigenvalue weighted by molar-refractivity contribution is -0.532. The Balaban J connectivity index is 1.73. The Labute approximate surface area is 154 Å². The molecule has 0 saturated carbocycles. The van der Waals surface area contributed by atoms with Crippen molar-refractivity contribution >= 4 is 22.6 Å². The standard InChI is InChI=1S/C19H19F2N2O2S/c20-17(21)25-16-9-7-14(8-10-16)19(24)13-22-11-4-12-26-18(22)23(19)15-5-2-1-3-6-15/h1-3,5-10,17,24H,4,11-13H2/q+1/t19-/m1/s1. The van der Waals surface area contributed by atoms with Gasteiger partial charge in [-0.3, -0.25) is 0 Å². The van der Waals surface area contributed by atoms with Crippen LogP contribution >= 0.6 is 11.8 Å². The smallest absolute Gasteiger partial charge is 0.387 e. The summed E-state index contributed by atoms with van der Waals surface area (Å²) < 4.78 is 31.4. The van der Waals surface area contributed by atoms with E-state index in [1.165, 1.54) is 12.1 Å². The Hall–Kier alpha value is -2.12. The van der Waals surface area contributed by atoms with Crippen molar-refractivity contribution in [2.75, 3.05) is 23.7 Å². The largest absolute Gasteiger partial charge is 0.435 e. The Morgan fingerprint density at radius 3 is 2.54 bits per heavy atom. The van der Waals surface area contributed by atoms with E-state index >= 15 is 0 Å². The average Bonchev–Trinajstić information content (AvgIpc) is 2.95. The molecule has 7 heteroatoms. The molecule has 0 unspecified atom stereocenters. The van der Waals surface area contributed by atoms with E-state index < -0.39 is 12.3 Å². The third kappa shape index (κ3) is 3.05. The molecule has 0 fully saturated rings. The highest BCUT2D eigenvalue weighted by Gasteiger charge is 2.55. The zero-order chi connectivity index (χ0) is 18.1. The van der Waals surface area contributed by atoms with E-state index in [2.05, 4.69) is 9.31 Å². The predicted molar refractivity (Wildman–Crippen MR) is 98.0 cm³/mol. The molecular weight excluding hydrogens is 358 g/mol. The van der Waals surface area contributed by atoms with Crippen LogP contribution in [0.3, 0.4) is 0 Å². The van der Waals surface area contributed by atoms with Gasteiger partial charge < -0.3 is 9.84 Å². The van der Waals surface area contributed by atoms with E-state index in [1.54, 1.807) is 23.9 Å². The second-order valence-electron chi connectivity index (χ2n) is 6.30. The molecule has 0 aromatic heterocycles. The van der Waals surface area contributed by atoms with Crippen LogP contribution in [0, 0.1) is 0 Å². The number of rotatable bonds is 4. The molecule has 1 N–H and O–H groups in total. The van der Waals surface area contributed by atoms with Crippen LogP contribution < -0.4 is 9.64 Å². The monoisotopic (exact) mass is 377 g/mol. The zero-order valence-corrected chi connectivity index (χ0v) is 14.8. The quantitative estimate of drug-likeness (QED) is 0.828. The highest BCUT2D eigenvalue weighted by atomic mass is 32.2. The zero-order valence-electron chi connectivity index (χ0n) is 14.0. The second kappa shape index (κ2) is 6.89. The molecule has 0 spiro atoms. The lowest BCUT2D eigenvalue weighted by atomic mass is 10.0. The minimum atomic E-state index is -2.86. The molecule has 1 atom stereocenters. The summed E-state index contributed by atoms with van der Waals surface area (Å²) in [5.74, 6) is 1.09. The maximum atomic E-state index is 12.4. The fourth-order valence-electron chi connectivity index (χ4n) is 3.48. The van der Waals surface area contributed by atoms with E-state index in [0.29, 0.717) is 12.1 Å². The minimum absolute atomic E-state index is 0.0800. The number of para-hydroxylation sites is 1. The van der Waals surface area contributed by atoms with Crippen LogP contribution in [0.1, 0.15) is 12.0 Å². The van der Waals surface area contributed by atoms with Crippen LogP contribution in [-0.2, 0) is 5.72 Å². The molecule has 2 aromatic rings. The van der Waals surface area contributed by atoms with Crippen LogP contribution in [0.25, 0.3) is 0 Å². The van der Waals surface area contributed by atoms with Crippen LogP contribution in [0.15, 0.2) is 54.6 Å². The van der Waals surface area contributed by atoms with Gasteiger partial charge in [0.2, 0.25) is 0 Å². The van der Waals surface area contributed by atoms with Crippen molar-refractivity contribution in [3.05, 3.63) is 60.2 Å². The van der Waals surface area contributed by atoms with Gasteiger partial charge in [0.05, 0.1) is 6.54 Å². The van der Waals surface area contributed by atoms with Crippen LogP contribution in [0.4, 0.5) is 14.5 Å². The van der Waals surface area contributed by atoms with E-state index in [0.717, 1.165) is 29.6 Å². The van der Waals surface area contributed by atoms with Gasteiger partial charge in [-0.15, -0.1) is 0 Å². The first-order valence-corrected chi connectivity index (χ1v) is 9.44. The second-order valence-corrected chi connectivity index (χ2v) is 7.36. The normalized spacial score (nSPS) is 22.7. The fourth-order valence-corrected chi connectivity index (χ4v) is 4.66. The summed E-state index contributed by atoms with van der Waals surface area (Å²) in [5, 5.41) is 12.7. The van der Waals surface area contributed by atoms with Crippen LogP contribution in [0.5, 0.6) is 5.75 Å². The number of ether oxygens (including phenoxy) is 1. The number of anilines is 1. The van der Waals surface area contributed by atoms with Crippen molar-refractivity contribution in [2.45, 2.75) is 18.8 Å². The maximum Gasteiger partial charge on any atom is 0.387 e. The van der Waals surface area contributed by atoms with Gasteiger partial charge in [0.1, 0.15) is 11.4 Å². The van der Waals surface area contributed by atoms with Gasteiger partial charge in [-0.1, -0.05) is 18.2 Å². The number of hydrogen-bond acceptors (Lipinski definition) is 4. The average molecular weight is 377 g/mol. The summed E-state index contributed by atoms with van der Waals surface area (Å²) in [6.07, 6.45) is 1.06. The van der Waals surface area contributed by atoms with Crippen molar-refractivity contribution in [1.29, 1.82) is 0 Å². The lowest BCUT2D eigenvalue weighted by Gasteiger charge is -2.28. The number of aliphatic hydroxyl groups is 1. The molecule has 4 rings (SSSR count). The first-order chi connectivity index (χ1) is 12.6. The predicted octanol–water partition coefficient (Wildman–Crippen LogP) is 3.46. The Bertz CT molecular complexity index is 814. The minimum Gasteiger partial charge on any atom is -0.435 e. The maximum absolute atomic E-state index is 12.4. The highest BCUT2D eigenvalue weighted by molar-refractivity contribution is 8.14. The number of halogens is 2. The summed E-state index contributed by atoms with van der Waals surface area (Å²) in [6, 6.07) is 16.0. The Kier molecular flexibility index (Phi) is 4.58. The molecule has 2 aromatic carbocycles. The van der Waals surface area contributed by atoms with Gasteiger partial charge in [0.25, 0.3) is 5.72 Å². The SMILES string of the molecule is O[C@@]1(c2ccc(OC(F)F)cc2)C[N+]2=C(SCCC2)N1c1ccccc1. The molecule has 2 aliphatic heterocycles. The summed E-state index contributed by atoms with van der Waals surface area (Å²) in [6.45, 7) is -1.54. The topological polar surface area (TPSA) is 35.7 Å². The van der Waals surface area contributed by atoms with Crippen molar-refractivity contribution in [3.63, 3.8) is 0 Å². The van der Waals surface area contributed by atoms with Crippen molar-refractivity contribution < 1.29 is 23.2 Å². The molecule has 0 amide bonds. The summed E-state index contributed by atoms with van der Waals surface area (Å²) in [7, 11) is 0. The number of benzene rings is 2. The summed E-state index contributed by atoms with van der Waals surface area (Å²) >= 11 is 1.73. The number of hydrogen-bond donors (Lipinski definition) is 1. The number of amidine groups is 1. The van der Waals surface area contributed by atoms with Gasteiger partial charge in [-0.2, -0.15) is 13.7 Å². The van der Waals surface area contributed by atoms with Gasteiger partial charge in [-0.25, -0.2) is 4.58 Å². The third-order valence-corrected chi connectivity index (χ3v) is 5.79. The molecule has 4 nitrogen and oxygen atoms in total. The first-order valence-electron chi connectivity index (χ1n) is 8.46. The van der Waals surface area contributed by atoms with Crippen molar-refractivity contribution in [1.82, 2.24) is 0 Å². The molecule has 2 aliphatic rings. The summed E-state index contributed by atoms with van der Waals surface area (Å²) in [4.78, 5) is 1.94. The molecular formula is C19H19F2N2O2S+. The van der Waals surface area contributed by atoms with Gasteiger partial charge in [-0.05, 0) is 54.6 Å². The Morgan fingerprint density at radius 1 is 1.12 bits per heavy atom. The van der Waals surface area contributed by atoms with E-state index in [-0.39, 0.29) is 5.75 Å². The number of nitrogens with zero attached hydrogens (tertiary/aromatic N) is 2. The van der Waals surface area contributed by atoms with Gasteiger partial charge in [0, 0.05) is 11.3 Å². The van der Waals surface area contributed by atoms with E-state index in [4.69, 9.17) is 0 Å². The molecule has 0 saturated heterocycles. The number of alkyl halides is 2. The van der Waals surface area contributed by atoms with Crippen molar-refractivity contribution in [3.8, 4) is 5.75 Å². The lowest BCUT2D eigenvalue weighted by Crippen LogP contribution is -2.46. The Morgan fingerprint density at radius 2 is 1.85 bits per heavy atom. The molecule has 26 heavy (non-hydrogen) atoms. The number of thioether (sulfide) groups is 1. The van der Waals surface area contributed by atoms with Gasteiger partial charge in [0.15, 0.2) is 6.54 Å². The molecule has 0 aliphatic carbocycles.